The van der Waals surface area contributed by atoms with Crippen molar-refractivity contribution in [1.29, 1.82) is 5.26 Å². The molecule has 2 unspecified atom stereocenters. The van der Waals surface area contributed by atoms with E-state index in [-0.39, 0.29) is 27.5 Å². The van der Waals surface area contributed by atoms with E-state index in [0.717, 1.165) is 12.1 Å². The molecule has 11 heteroatoms. The highest BCUT2D eigenvalue weighted by Gasteiger charge is 2.67. The third-order valence-corrected chi connectivity index (χ3v) is 7.12. The lowest BCUT2D eigenvalue weighted by Crippen LogP contribution is -2.18. The Hall–Kier alpha value is -2.53. The van der Waals surface area contributed by atoms with Crippen LogP contribution in [0, 0.1) is 23.1 Å². The lowest BCUT2D eigenvalue weighted by Gasteiger charge is -2.11. The quantitative estimate of drug-likeness (QED) is 0.313. The minimum absolute atomic E-state index is 0.0228. The number of carbonyl (C=O) groups is 2. The van der Waals surface area contributed by atoms with Crippen LogP contribution in [0.25, 0.3) is 0 Å². The number of halogens is 6. The van der Waals surface area contributed by atoms with Crippen molar-refractivity contribution in [3.63, 3.8) is 0 Å². The first-order valence-electron chi connectivity index (χ1n) is 9.96. The van der Waals surface area contributed by atoms with Crippen LogP contribution in [-0.2, 0) is 4.79 Å². The molecule has 0 saturated heterocycles. The van der Waals surface area contributed by atoms with Crippen molar-refractivity contribution in [3.05, 3.63) is 92.2 Å². The Kier molecular flexibility index (Phi) is 7.19. The molecular weight excluding hydrogens is 559 g/mol. The molecule has 1 saturated carbocycles. The molecule has 0 radical (unpaired) electrons. The summed E-state index contributed by atoms with van der Waals surface area (Å²) >= 11 is 31.1. The second-order valence-corrected chi connectivity index (χ2v) is 10.5. The van der Waals surface area contributed by atoms with Crippen LogP contribution < -0.4 is 10.6 Å². The highest BCUT2D eigenvalue weighted by atomic mass is 35.5. The van der Waals surface area contributed by atoms with Crippen molar-refractivity contribution in [1.82, 2.24) is 0 Å². The average molecular weight is 572 g/mol. The molecule has 0 heterocycles. The summed E-state index contributed by atoms with van der Waals surface area (Å²) < 4.78 is 12.0. The molecule has 2 amide bonds. The smallest absolute Gasteiger partial charge is 0.257 e. The van der Waals surface area contributed by atoms with Crippen molar-refractivity contribution >= 4 is 81.2 Å². The minimum Gasteiger partial charge on any atom is -0.326 e. The summed E-state index contributed by atoms with van der Waals surface area (Å²) in [5.41, 5.74) is 0.967. The number of carbonyl (C=O) groups excluding carboxylic acids is 2. The van der Waals surface area contributed by atoms with E-state index in [1.165, 1.54) is 24.3 Å². The zero-order valence-corrected chi connectivity index (χ0v) is 21.2. The van der Waals surface area contributed by atoms with Crippen LogP contribution in [0.15, 0.2) is 54.6 Å². The summed E-state index contributed by atoms with van der Waals surface area (Å²) in [6.07, 6.45) is 0. The molecule has 0 bridgehead atoms. The minimum atomic E-state index is -1.37. The number of rotatable bonds is 5. The third kappa shape index (κ3) is 5.35. The van der Waals surface area contributed by atoms with Crippen molar-refractivity contribution in [2.45, 2.75) is 10.3 Å². The normalized spacial score (nSPS) is 17.9. The van der Waals surface area contributed by atoms with E-state index in [2.05, 4.69) is 10.6 Å². The number of nitrogens with one attached hydrogen (secondary N) is 2. The number of nitrogens with zero attached hydrogens (tertiary/aromatic N) is 1. The standard InChI is InChI=1S/C24H13Cl5FN3O2/c25-13-5-11(6-14(26)8-13)20-21(24(20,28)29)23(35)32-16-2-3-18(27)17(9-16)22(34)33-19-4-1-15(30)7-12(19)10-31/h1-9,20-21H,(H,32,35)(H,33,34). The number of nitriles is 1. The Labute approximate surface area is 224 Å². The van der Waals surface area contributed by atoms with E-state index in [9.17, 15) is 19.2 Å². The van der Waals surface area contributed by atoms with Crippen molar-refractivity contribution in [3.8, 4) is 6.07 Å². The zero-order chi connectivity index (χ0) is 25.5. The maximum atomic E-state index is 13.4. The number of alkyl halides is 2. The molecule has 0 aromatic heterocycles. The van der Waals surface area contributed by atoms with Crippen LogP contribution in [0.5, 0.6) is 0 Å². The van der Waals surface area contributed by atoms with E-state index in [1.807, 2.05) is 6.07 Å². The first-order valence-corrected chi connectivity index (χ1v) is 11.9. The summed E-state index contributed by atoms with van der Waals surface area (Å²) in [6.45, 7) is 0. The zero-order valence-electron chi connectivity index (χ0n) is 17.4. The molecule has 3 aromatic carbocycles. The van der Waals surface area contributed by atoms with Gasteiger partial charge in [-0.05, 0) is 60.2 Å². The second-order valence-electron chi connectivity index (χ2n) is 7.77. The maximum Gasteiger partial charge on any atom is 0.257 e. The Balaban J connectivity index is 1.53. The second kappa shape index (κ2) is 9.85. The highest BCUT2D eigenvalue weighted by molar-refractivity contribution is 6.53. The Morgan fingerprint density at radius 3 is 2.29 bits per heavy atom. The maximum absolute atomic E-state index is 13.4. The molecule has 1 aliphatic carbocycles. The van der Waals surface area contributed by atoms with Crippen LogP contribution in [-0.4, -0.2) is 16.1 Å². The topological polar surface area (TPSA) is 82.0 Å². The molecule has 0 aliphatic heterocycles. The van der Waals surface area contributed by atoms with Gasteiger partial charge in [0.2, 0.25) is 5.91 Å². The number of hydrogen-bond donors (Lipinski definition) is 2. The fraction of sp³-hybridized carbons (Fsp3) is 0.125. The number of anilines is 2. The van der Waals surface area contributed by atoms with Gasteiger partial charge < -0.3 is 10.6 Å². The van der Waals surface area contributed by atoms with Gasteiger partial charge in [-0.3, -0.25) is 9.59 Å². The SMILES string of the molecule is N#Cc1cc(F)ccc1NC(=O)c1cc(NC(=O)C2C(c3cc(Cl)cc(Cl)c3)C2(Cl)Cl)ccc1Cl. The van der Waals surface area contributed by atoms with Gasteiger partial charge >= 0.3 is 0 Å². The van der Waals surface area contributed by atoms with Gasteiger partial charge in [0, 0.05) is 21.7 Å². The first-order chi connectivity index (χ1) is 16.5. The van der Waals surface area contributed by atoms with E-state index >= 15 is 0 Å². The summed E-state index contributed by atoms with van der Waals surface area (Å²) in [5, 5.41) is 15.3. The molecule has 1 aliphatic rings. The van der Waals surface area contributed by atoms with Gasteiger partial charge in [-0.15, -0.1) is 23.2 Å². The Bertz CT molecular complexity index is 1390. The van der Waals surface area contributed by atoms with E-state index < -0.39 is 33.8 Å². The van der Waals surface area contributed by atoms with Crippen molar-refractivity contribution in [2.24, 2.45) is 5.92 Å². The first kappa shape index (κ1) is 25.6. The lowest BCUT2D eigenvalue weighted by atomic mass is 10.1. The molecule has 5 nitrogen and oxygen atoms in total. The summed E-state index contributed by atoms with van der Waals surface area (Å²) in [4.78, 5) is 25.8. The van der Waals surface area contributed by atoms with Crippen LogP contribution in [0.4, 0.5) is 15.8 Å². The fourth-order valence-corrected chi connectivity index (χ4v) is 5.30. The summed E-state index contributed by atoms with van der Waals surface area (Å²) in [6, 6.07) is 14.3. The van der Waals surface area contributed by atoms with Gasteiger partial charge in [0.25, 0.3) is 5.91 Å². The molecule has 178 valence electrons. The predicted molar refractivity (Wildman–Crippen MR) is 136 cm³/mol. The van der Waals surface area contributed by atoms with Crippen LogP contribution >= 0.6 is 58.0 Å². The Morgan fingerprint density at radius 1 is 0.943 bits per heavy atom. The van der Waals surface area contributed by atoms with E-state index in [1.54, 1.807) is 18.2 Å². The molecule has 35 heavy (non-hydrogen) atoms. The van der Waals surface area contributed by atoms with Gasteiger partial charge in [-0.2, -0.15) is 5.26 Å². The highest BCUT2D eigenvalue weighted by Crippen LogP contribution is 2.65. The van der Waals surface area contributed by atoms with Crippen molar-refractivity contribution in [2.75, 3.05) is 10.6 Å². The lowest BCUT2D eigenvalue weighted by molar-refractivity contribution is -0.117. The molecule has 2 atom stereocenters. The van der Waals surface area contributed by atoms with Gasteiger partial charge in [0.05, 0.1) is 27.8 Å². The monoisotopic (exact) mass is 569 g/mol. The molecule has 2 N–H and O–H groups in total. The number of hydrogen-bond acceptors (Lipinski definition) is 3. The van der Waals surface area contributed by atoms with Crippen LogP contribution in [0.1, 0.15) is 27.4 Å². The molecule has 4 rings (SSSR count). The number of amides is 2. The average Bonchev–Trinajstić information content (AvgIpc) is 3.37. The van der Waals surface area contributed by atoms with E-state index in [4.69, 9.17) is 58.0 Å². The van der Waals surface area contributed by atoms with Gasteiger partial charge in [-0.25, -0.2) is 4.39 Å². The Morgan fingerprint density at radius 2 is 1.63 bits per heavy atom. The molecule has 3 aromatic rings. The van der Waals surface area contributed by atoms with Crippen molar-refractivity contribution < 1.29 is 14.0 Å². The molecular formula is C24H13Cl5FN3O2. The van der Waals surface area contributed by atoms with E-state index in [0.29, 0.717) is 15.6 Å². The third-order valence-electron chi connectivity index (χ3n) is 5.41. The van der Waals surface area contributed by atoms with Crippen LogP contribution in [0.3, 0.4) is 0 Å². The summed E-state index contributed by atoms with van der Waals surface area (Å²) in [7, 11) is 0. The van der Waals surface area contributed by atoms with Crippen LogP contribution in [0.2, 0.25) is 15.1 Å². The summed E-state index contributed by atoms with van der Waals surface area (Å²) in [5.74, 6) is -3.09. The van der Waals surface area contributed by atoms with Gasteiger partial charge in [-0.1, -0.05) is 34.8 Å². The molecule has 0 spiro atoms. The molecule has 1 fully saturated rings. The fourth-order valence-electron chi connectivity index (χ4n) is 3.73. The van der Waals surface area contributed by atoms with Gasteiger partial charge in [0.1, 0.15) is 16.2 Å². The largest absolute Gasteiger partial charge is 0.326 e. The predicted octanol–water partition coefficient (Wildman–Crippen LogP) is 7.44. The number of benzene rings is 3. The van der Waals surface area contributed by atoms with Gasteiger partial charge in [0.15, 0.2) is 0 Å².